The minimum atomic E-state index is 0.360. The zero-order chi connectivity index (χ0) is 12.3. The second-order valence-corrected chi connectivity index (χ2v) is 5.66. The highest BCUT2D eigenvalue weighted by Gasteiger charge is 2.35. The summed E-state index contributed by atoms with van der Waals surface area (Å²) in [6.07, 6.45) is 12.2. The summed E-state index contributed by atoms with van der Waals surface area (Å²) in [5.41, 5.74) is 0. The number of hydrogen-bond acceptors (Lipinski definition) is 2. The fraction of sp³-hybridized carbons (Fsp3) is 0.867. The predicted octanol–water partition coefficient (Wildman–Crippen LogP) is 2.35. The lowest BCUT2D eigenvalue weighted by Gasteiger charge is -2.49. The highest BCUT2D eigenvalue weighted by atomic mass is 15.3. The molecule has 0 aromatic rings. The number of nitrogens with zero attached hydrogens (tertiary/aromatic N) is 2. The van der Waals surface area contributed by atoms with E-state index in [1.807, 2.05) is 0 Å². The van der Waals surface area contributed by atoms with Gasteiger partial charge in [0.1, 0.15) is 0 Å². The van der Waals surface area contributed by atoms with Crippen LogP contribution in [-0.4, -0.2) is 47.6 Å². The molecule has 0 radical (unpaired) electrons. The topological polar surface area (TPSA) is 6.48 Å². The van der Waals surface area contributed by atoms with Gasteiger partial charge in [-0.3, -0.25) is 9.80 Å². The zero-order valence-corrected chi connectivity index (χ0v) is 11.4. The molecule has 2 heteroatoms. The van der Waals surface area contributed by atoms with Crippen LogP contribution in [0.2, 0.25) is 0 Å². The molecule has 0 N–H and O–H groups in total. The Morgan fingerprint density at radius 1 is 1.35 bits per heavy atom. The quantitative estimate of drug-likeness (QED) is 0.692. The number of piperidine rings is 1. The zero-order valence-electron chi connectivity index (χ0n) is 11.4. The summed E-state index contributed by atoms with van der Waals surface area (Å²) in [5.74, 6) is 3.01. The fourth-order valence-electron chi connectivity index (χ4n) is 3.43. The van der Waals surface area contributed by atoms with Gasteiger partial charge in [-0.2, -0.15) is 0 Å². The van der Waals surface area contributed by atoms with E-state index in [2.05, 4.69) is 29.6 Å². The number of fused-ring (bicyclic) bond motifs is 1. The average Bonchev–Trinajstić information content (AvgIpc) is 2.35. The van der Waals surface area contributed by atoms with Gasteiger partial charge in [-0.25, -0.2) is 0 Å². The molecule has 17 heavy (non-hydrogen) atoms. The van der Waals surface area contributed by atoms with Crippen molar-refractivity contribution >= 4 is 0 Å². The SMILES string of the molecule is C#CC(CCC)N1CC2CCCCN2CC1C. The van der Waals surface area contributed by atoms with Crippen LogP contribution in [0.1, 0.15) is 46.0 Å². The molecule has 0 spiro atoms. The Morgan fingerprint density at radius 2 is 2.18 bits per heavy atom. The summed E-state index contributed by atoms with van der Waals surface area (Å²) in [4.78, 5) is 5.26. The van der Waals surface area contributed by atoms with Crippen molar-refractivity contribution in [1.82, 2.24) is 9.80 Å². The first-order valence-electron chi connectivity index (χ1n) is 7.22. The molecule has 2 saturated heterocycles. The molecule has 3 unspecified atom stereocenters. The largest absolute Gasteiger partial charge is 0.298 e. The Labute approximate surface area is 106 Å². The third-order valence-electron chi connectivity index (χ3n) is 4.39. The monoisotopic (exact) mass is 234 g/mol. The summed E-state index contributed by atoms with van der Waals surface area (Å²) in [7, 11) is 0. The van der Waals surface area contributed by atoms with Crippen molar-refractivity contribution in [1.29, 1.82) is 0 Å². The number of hydrogen-bond donors (Lipinski definition) is 0. The Morgan fingerprint density at radius 3 is 2.88 bits per heavy atom. The Kier molecular flexibility index (Phi) is 4.48. The minimum Gasteiger partial charge on any atom is -0.298 e. The molecule has 0 bridgehead atoms. The van der Waals surface area contributed by atoms with Gasteiger partial charge < -0.3 is 0 Å². The van der Waals surface area contributed by atoms with Gasteiger partial charge in [-0.1, -0.05) is 25.7 Å². The van der Waals surface area contributed by atoms with Crippen LogP contribution < -0.4 is 0 Å². The first kappa shape index (κ1) is 12.9. The Balaban J connectivity index is 2.01. The van der Waals surface area contributed by atoms with Crippen LogP contribution in [0.3, 0.4) is 0 Å². The van der Waals surface area contributed by atoms with E-state index in [4.69, 9.17) is 6.42 Å². The van der Waals surface area contributed by atoms with Gasteiger partial charge in [-0.15, -0.1) is 6.42 Å². The number of terminal acetylenes is 1. The molecule has 3 atom stereocenters. The van der Waals surface area contributed by atoms with Gasteiger partial charge in [0.2, 0.25) is 0 Å². The van der Waals surface area contributed by atoms with Crippen LogP contribution in [0, 0.1) is 12.3 Å². The fourth-order valence-corrected chi connectivity index (χ4v) is 3.43. The lowest BCUT2D eigenvalue weighted by atomic mass is 9.95. The molecule has 96 valence electrons. The predicted molar refractivity (Wildman–Crippen MR) is 72.9 cm³/mol. The van der Waals surface area contributed by atoms with E-state index >= 15 is 0 Å². The van der Waals surface area contributed by atoms with Crippen LogP contribution in [0.15, 0.2) is 0 Å². The van der Waals surface area contributed by atoms with E-state index < -0.39 is 0 Å². The second-order valence-electron chi connectivity index (χ2n) is 5.66. The molecule has 0 aromatic carbocycles. The van der Waals surface area contributed by atoms with Gasteiger partial charge in [0.25, 0.3) is 0 Å². The lowest BCUT2D eigenvalue weighted by molar-refractivity contribution is 0.00210. The van der Waals surface area contributed by atoms with Gasteiger partial charge >= 0.3 is 0 Å². The second kappa shape index (κ2) is 5.89. The average molecular weight is 234 g/mol. The molecule has 0 aromatic heterocycles. The Hall–Kier alpha value is -0.520. The summed E-state index contributed by atoms with van der Waals surface area (Å²) in [6.45, 7) is 8.27. The molecule has 2 fully saturated rings. The summed E-state index contributed by atoms with van der Waals surface area (Å²) in [6, 6.07) is 1.75. The third kappa shape index (κ3) is 2.84. The normalized spacial score (nSPS) is 32.8. The molecule has 0 saturated carbocycles. The van der Waals surface area contributed by atoms with E-state index in [9.17, 15) is 0 Å². The van der Waals surface area contributed by atoms with Crippen molar-refractivity contribution in [3.8, 4) is 12.3 Å². The summed E-state index contributed by atoms with van der Waals surface area (Å²) in [5, 5.41) is 0. The highest BCUT2D eigenvalue weighted by Crippen LogP contribution is 2.26. The van der Waals surface area contributed by atoms with E-state index in [1.165, 1.54) is 45.3 Å². The van der Waals surface area contributed by atoms with E-state index in [0.29, 0.717) is 12.1 Å². The number of piperazine rings is 1. The molecule has 2 rings (SSSR count). The van der Waals surface area contributed by atoms with Crippen molar-refractivity contribution < 1.29 is 0 Å². The van der Waals surface area contributed by atoms with E-state index in [-0.39, 0.29) is 0 Å². The third-order valence-corrected chi connectivity index (χ3v) is 4.39. The maximum atomic E-state index is 5.71. The summed E-state index contributed by atoms with van der Waals surface area (Å²) >= 11 is 0. The first-order chi connectivity index (χ1) is 8.26. The molecule has 2 nitrogen and oxygen atoms in total. The van der Waals surface area contributed by atoms with E-state index in [0.717, 1.165) is 12.5 Å². The maximum Gasteiger partial charge on any atom is 0.0715 e. The molecule has 2 heterocycles. The van der Waals surface area contributed by atoms with Gasteiger partial charge in [0.15, 0.2) is 0 Å². The van der Waals surface area contributed by atoms with Gasteiger partial charge in [0.05, 0.1) is 6.04 Å². The van der Waals surface area contributed by atoms with E-state index in [1.54, 1.807) is 0 Å². The first-order valence-corrected chi connectivity index (χ1v) is 7.22. The molecule has 2 aliphatic heterocycles. The van der Waals surface area contributed by atoms with Crippen LogP contribution in [0.25, 0.3) is 0 Å². The van der Waals surface area contributed by atoms with Crippen molar-refractivity contribution in [3.05, 3.63) is 0 Å². The van der Waals surface area contributed by atoms with Crippen LogP contribution in [0.4, 0.5) is 0 Å². The van der Waals surface area contributed by atoms with Crippen molar-refractivity contribution in [2.45, 2.75) is 64.1 Å². The van der Waals surface area contributed by atoms with Crippen molar-refractivity contribution in [3.63, 3.8) is 0 Å². The van der Waals surface area contributed by atoms with Crippen molar-refractivity contribution in [2.24, 2.45) is 0 Å². The molecular weight excluding hydrogens is 208 g/mol. The van der Waals surface area contributed by atoms with Gasteiger partial charge in [-0.05, 0) is 32.7 Å². The molecule has 0 aliphatic carbocycles. The highest BCUT2D eigenvalue weighted by molar-refractivity contribution is 5.04. The smallest absolute Gasteiger partial charge is 0.0715 e. The van der Waals surface area contributed by atoms with Crippen LogP contribution in [0.5, 0.6) is 0 Å². The van der Waals surface area contributed by atoms with Crippen LogP contribution >= 0.6 is 0 Å². The maximum absolute atomic E-state index is 5.71. The lowest BCUT2D eigenvalue weighted by Crippen LogP contribution is -2.60. The van der Waals surface area contributed by atoms with Crippen LogP contribution in [-0.2, 0) is 0 Å². The number of rotatable bonds is 3. The minimum absolute atomic E-state index is 0.360. The molecular formula is C15H26N2. The molecule has 0 amide bonds. The summed E-state index contributed by atoms with van der Waals surface area (Å²) < 4.78 is 0. The van der Waals surface area contributed by atoms with Crippen molar-refractivity contribution in [2.75, 3.05) is 19.6 Å². The Bertz CT molecular complexity index is 281. The standard InChI is InChI=1S/C15H26N2/c1-4-8-14(5-2)17-12-15-9-6-7-10-16(15)11-13(17)3/h2,13-15H,4,6-12H2,1,3H3. The molecule has 2 aliphatic rings. The van der Waals surface area contributed by atoms with Gasteiger partial charge in [0, 0.05) is 25.2 Å².